The molecule has 3 rings (SSSR count). The number of methoxy groups -OCH3 is 1. The smallest absolute Gasteiger partial charge is 0.308 e. The number of nitrogens with zero attached hydrogens (tertiary/aromatic N) is 1. The van der Waals surface area contributed by atoms with Crippen molar-refractivity contribution in [3.8, 4) is 0 Å². The number of esters is 1. The normalized spacial score (nSPS) is 17.2. The molecule has 0 saturated carbocycles. The second kappa shape index (κ2) is 8.03. The number of piperazine rings is 1. The van der Waals surface area contributed by atoms with E-state index in [4.69, 9.17) is 0 Å². The van der Waals surface area contributed by atoms with Crippen LogP contribution in [0.3, 0.4) is 0 Å². The number of amides is 2. The molecule has 1 atom stereocenters. The monoisotopic (exact) mass is 357 g/mol. The predicted octanol–water partition coefficient (Wildman–Crippen LogP) is 1.38. The topological polar surface area (TPSA) is 91.5 Å². The van der Waals surface area contributed by atoms with Crippen molar-refractivity contribution >= 4 is 28.7 Å². The molecule has 1 unspecified atom stereocenters. The van der Waals surface area contributed by atoms with Gasteiger partial charge in [0.25, 0.3) is 0 Å². The zero-order valence-electron chi connectivity index (χ0n) is 14.8. The molecule has 0 spiro atoms. The lowest BCUT2D eigenvalue weighted by atomic mass is 10.0. The zero-order valence-corrected chi connectivity index (χ0v) is 14.8. The maximum atomic E-state index is 12.6. The molecule has 7 heteroatoms. The van der Waals surface area contributed by atoms with Crippen molar-refractivity contribution in [1.82, 2.24) is 15.2 Å². The maximum absolute atomic E-state index is 12.6. The molecule has 0 radical (unpaired) electrons. The number of fused-ring (bicyclic) bond motifs is 1. The summed E-state index contributed by atoms with van der Waals surface area (Å²) in [4.78, 5) is 40.9. The van der Waals surface area contributed by atoms with Crippen LogP contribution in [-0.2, 0) is 25.5 Å². The van der Waals surface area contributed by atoms with Crippen LogP contribution in [0.2, 0.25) is 0 Å². The van der Waals surface area contributed by atoms with Crippen molar-refractivity contribution in [1.29, 1.82) is 0 Å². The van der Waals surface area contributed by atoms with Crippen LogP contribution in [0, 0.1) is 0 Å². The summed E-state index contributed by atoms with van der Waals surface area (Å²) in [6.45, 7) is 0.823. The highest BCUT2D eigenvalue weighted by Gasteiger charge is 2.34. The first-order chi connectivity index (χ1) is 12.6. The van der Waals surface area contributed by atoms with Crippen LogP contribution >= 0.6 is 0 Å². The number of H-pyrrole nitrogens is 1. The molecule has 2 heterocycles. The van der Waals surface area contributed by atoms with Crippen molar-refractivity contribution in [2.75, 3.05) is 20.2 Å². The van der Waals surface area contributed by atoms with Gasteiger partial charge in [-0.05, 0) is 24.5 Å². The number of aryl methyl sites for hydroxylation is 1. The first-order valence-electron chi connectivity index (χ1n) is 8.79. The minimum Gasteiger partial charge on any atom is -0.469 e. The number of rotatable bonds is 6. The van der Waals surface area contributed by atoms with Gasteiger partial charge in [0.05, 0.1) is 13.5 Å². The molecule has 1 aliphatic heterocycles. The van der Waals surface area contributed by atoms with Crippen molar-refractivity contribution in [2.24, 2.45) is 0 Å². The Morgan fingerprint density at radius 3 is 2.92 bits per heavy atom. The number of carbonyl (C=O) groups is 3. The molecule has 0 aliphatic carbocycles. The minimum atomic E-state index is -0.781. The van der Waals surface area contributed by atoms with E-state index >= 15 is 0 Å². The maximum Gasteiger partial charge on any atom is 0.308 e. The first-order valence-corrected chi connectivity index (χ1v) is 8.79. The Bertz CT molecular complexity index is 814. The number of nitrogens with one attached hydrogen (secondary N) is 2. The molecule has 26 heavy (non-hydrogen) atoms. The van der Waals surface area contributed by atoms with Gasteiger partial charge in [-0.2, -0.15) is 0 Å². The van der Waals surface area contributed by atoms with E-state index in [0.29, 0.717) is 25.9 Å². The molecular weight excluding hydrogens is 334 g/mol. The highest BCUT2D eigenvalue weighted by Crippen LogP contribution is 2.20. The Kier molecular flexibility index (Phi) is 5.55. The third-order valence-electron chi connectivity index (χ3n) is 4.75. The Balaban J connectivity index is 1.59. The summed E-state index contributed by atoms with van der Waals surface area (Å²) in [5, 5.41) is 3.87. The first kappa shape index (κ1) is 18.0. The molecule has 1 aromatic carbocycles. The number of carbonyl (C=O) groups excluding carboxylic acids is 3. The van der Waals surface area contributed by atoms with Crippen LogP contribution in [0.5, 0.6) is 0 Å². The Labute approximate surface area is 151 Å². The van der Waals surface area contributed by atoms with Crippen molar-refractivity contribution in [3.05, 3.63) is 36.0 Å². The summed E-state index contributed by atoms with van der Waals surface area (Å²) in [5.41, 5.74) is 2.26. The van der Waals surface area contributed by atoms with Crippen molar-refractivity contribution < 1.29 is 19.1 Å². The number of hydrogen-bond acceptors (Lipinski definition) is 4. The molecule has 7 nitrogen and oxygen atoms in total. The highest BCUT2D eigenvalue weighted by molar-refractivity contribution is 5.92. The summed E-state index contributed by atoms with van der Waals surface area (Å²) < 4.78 is 4.64. The molecule has 0 bridgehead atoms. The van der Waals surface area contributed by atoms with Gasteiger partial charge in [0, 0.05) is 36.6 Å². The number of ether oxygens (including phenoxy) is 1. The summed E-state index contributed by atoms with van der Waals surface area (Å²) in [6.07, 6.45) is 3.66. The number of hydrogen-bond donors (Lipinski definition) is 2. The van der Waals surface area contributed by atoms with E-state index in [0.717, 1.165) is 11.9 Å². The number of aromatic amines is 1. The van der Waals surface area contributed by atoms with Crippen LogP contribution in [0.15, 0.2) is 30.5 Å². The average Bonchev–Trinajstić information content (AvgIpc) is 3.06. The fraction of sp³-hybridized carbons (Fsp3) is 0.421. The average molecular weight is 357 g/mol. The van der Waals surface area contributed by atoms with E-state index in [9.17, 15) is 14.4 Å². The highest BCUT2D eigenvalue weighted by atomic mass is 16.5. The SMILES string of the molecule is COC(=O)CC1C(=O)NCCN1C(=O)CCCc1c[nH]c2ccccc12. The molecule has 1 aromatic heterocycles. The molecule has 2 aromatic rings. The quantitative estimate of drug-likeness (QED) is 0.764. The fourth-order valence-electron chi connectivity index (χ4n) is 3.37. The van der Waals surface area contributed by atoms with Gasteiger partial charge >= 0.3 is 5.97 Å². The van der Waals surface area contributed by atoms with Crippen LogP contribution in [-0.4, -0.2) is 53.9 Å². The molecule has 1 saturated heterocycles. The summed E-state index contributed by atoms with van der Waals surface area (Å²) in [7, 11) is 1.27. The van der Waals surface area contributed by atoms with Crippen LogP contribution in [0.25, 0.3) is 10.9 Å². The third-order valence-corrected chi connectivity index (χ3v) is 4.75. The van der Waals surface area contributed by atoms with Gasteiger partial charge in [-0.25, -0.2) is 0 Å². The minimum absolute atomic E-state index is 0.103. The van der Waals surface area contributed by atoms with E-state index in [1.807, 2.05) is 24.4 Å². The van der Waals surface area contributed by atoms with E-state index in [1.165, 1.54) is 23.0 Å². The van der Waals surface area contributed by atoms with Crippen LogP contribution in [0.1, 0.15) is 24.8 Å². The molecule has 2 N–H and O–H groups in total. The fourth-order valence-corrected chi connectivity index (χ4v) is 3.37. The predicted molar refractivity (Wildman–Crippen MR) is 96.4 cm³/mol. The number of para-hydroxylation sites is 1. The van der Waals surface area contributed by atoms with Gasteiger partial charge in [0.2, 0.25) is 11.8 Å². The molecular formula is C19H23N3O4. The number of aromatic nitrogens is 1. The van der Waals surface area contributed by atoms with Crippen molar-refractivity contribution in [3.63, 3.8) is 0 Å². The summed E-state index contributed by atoms with van der Waals surface area (Å²) in [5.74, 6) is -0.899. The second-order valence-electron chi connectivity index (χ2n) is 6.39. The lowest BCUT2D eigenvalue weighted by molar-refractivity contribution is -0.150. The third kappa shape index (κ3) is 3.87. The van der Waals surface area contributed by atoms with Gasteiger partial charge in [-0.3, -0.25) is 14.4 Å². The zero-order chi connectivity index (χ0) is 18.5. The summed E-state index contributed by atoms with van der Waals surface area (Å²) in [6, 6.07) is 7.28. The standard InChI is InChI=1S/C19H23N3O4/c1-26-18(24)11-16-19(25)20-9-10-22(16)17(23)8-4-5-13-12-21-15-7-3-2-6-14(13)15/h2-3,6-7,12,16,21H,4-5,8-11H2,1H3,(H,20,25). The van der Waals surface area contributed by atoms with E-state index in [1.54, 1.807) is 0 Å². The Hall–Kier alpha value is -2.83. The largest absolute Gasteiger partial charge is 0.469 e. The Morgan fingerprint density at radius 1 is 1.31 bits per heavy atom. The number of benzene rings is 1. The van der Waals surface area contributed by atoms with E-state index in [-0.39, 0.29) is 18.2 Å². The van der Waals surface area contributed by atoms with Gasteiger partial charge in [-0.15, -0.1) is 0 Å². The lowest BCUT2D eigenvalue weighted by Crippen LogP contribution is -2.57. The molecule has 1 aliphatic rings. The lowest BCUT2D eigenvalue weighted by Gasteiger charge is -2.34. The molecule has 1 fully saturated rings. The van der Waals surface area contributed by atoms with Gasteiger partial charge < -0.3 is 19.9 Å². The van der Waals surface area contributed by atoms with Gasteiger partial charge in [0.1, 0.15) is 6.04 Å². The Morgan fingerprint density at radius 2 is 2.12 bits per heavy atom. The van der Waals surface area contributed by atoms with Crippen LogP contribution in [0.4, 0.5) is 0 Å². The molecule has 138 valence electrons. The van der Waals surface area contributed by atoms with E-state index < -0.39 is 12.0 Å². The van der Waals surface area contributed by atoms with Crippen LogP contribution < -0.4 is 5.32 Å². The molecule has 2 amide bonds. The van der Waals surface area contributed by atoms with E-state index in [2.05, 4.69) is 21.1 Å². The summed E-state index contributed by atoms with van der Waals surface area (Å²) >= 11 is 0. The van der Waals surface area contributed by atoms with Gasteiger partial charge in [-0.1, -0.05) is 18.2 Å². The second-order valence-corrected chi connectivity index (χ2v) is 6.39. The van der Waals surface area contributed by atoms with Crippen molar-refractivity contribution in [2.45, 2.75) is 31.7 Å². The van der Waals surface area contributed by atoms with Gasteiger partial charge in [0.15, 0.2) is 0 Å².